The number of fused-ring (bicyclic) bond motifs is 3. The Morgan fingerprint density at radius 1 is 1.05 bits per heavy atom. The fourth-order valence-corrected chi connectivity index (χ4v) is 5.89. The third-order valence-corrected chi connectivity index (χ3v) is 7.74. The number of rotatable bonds is 10. The number of aromatic nitrogens is 1. The minimum atomic E-state index is -0.933. The van der Waals surface area contributed by atoms with Crippen molar-refractivity contribution in [3.8, 4) is 5.75 Å². The van der Waals surface area contributed by atoms with E-state index in [1.807, 2.05) is 47.4 Å². The second-order valence-corrected chi connectivity index (χ2v) is 10.1. The van der Waals surface area contributed by atoms with Crippen LogP contribution in [-0.2, 0) is 41.8 Å². The summed E-state index contributed by atoms with van der Waals surface area (Å²) in [5.74, 6) is -0.437. The van der Waals surface area contributed by atoms with Crippen LogP contribution in [-0.4, -0.2) is 46.1 Å². The van der Waals surface area contributed by atoms with E-state index in [0.717, 1.165) is 51.9 Å². The summed E-state index contributed by atoms with van der Waals surface area (Å²) in [5, 5.41) is 10.3. The van der Waals surface area contributed by atoms with Crippen molar-refractivity contribution in [1.82, 2.24) is 9.47 Å². The average Bonchev–Trinajstić information content (AvgIpc) is 3.24. The van der Waals surface area contributed by atoms with Crippen LogP contribution in [0.3, 0.4) is 0 Å². The number of benzene rings is 3. The molecule has 0 spiro atoms. The number of aliphatic carboxylic acids is 1. The van der Waals surface area contributed by atoms with E-state index >= 15 is 0 Å². The minimum absolute atomic E-state index is 0.0569. The van der Waals surface area contributed by atoms with Crippen LogP contribution in [0.25, 0.3) is 10.9 Å². The summed E-state index contributed by atoms with van der Waals surface area (Å²) in [6.07, 6.45) is 3.59. The lowest BCUT2D eigenvalue weighted by Crippen LogP contribution is -2.44. The summed E-state index contributed by atoms with van der Waals surface area (Å²) in [6, 6.07) is 22.3. The standard InChI is InChI=1S/C32H33FN2O4/c1-39-30-10-6-5-9-23(30)11-16-31(36)34(18-17-22-7-3-2-4-8-22)25-13-15-29-27(20-25)26-19-24(33)12-14-28(26)35(29)21-32(37)38/h2-10,12,14,19,25H,11,13,15-18,20-21H2,1H3,(H,37,38). The number of amides is 1. The van der Waals surface area contributed by atoms with Crippen molar-refractivity contribution in [2.45, 2.75) is 51.1 Å². The van der Waals surface area contributed by atoms with E-state index in [-0.39, 0.29) is 24.3 Å². The number of halogens is 1. The van der Waals surface area contributed by atoms with Crippen molar-refractivity contribution in [2.75, 3.05) is 13.7 Å². The van der Waals surface area contributed by atoms with E-state index in [4.69, 9.17) is 4.74 Å². The molecular weight excluding hydrogens is 495 g/mol. The highest BCUT2D eigenvalue weighted by molar-refractivity contribution is 5.87. The monoisotopic (exact) mass is 528 g/mol. The topological polar surface area (TPSA) is 71.8 Å². The average molecular weight is 529 g/mol. The highest BCUT2D eigenvalue weighted by Gasteiger charge is 2.31. The summed E-state index contributed by atoms with van der Waals surface area (Å²) in [6.45, 7) is 0.411. The van der Waals surface area contributed by atoms with E-state index in [1.165, 1.54) is 12.1 Å². The molecule has 5 rings (SSSR count). The van der Waals surface area contributed by atoms with Gasteiger partial charge in [-0.2, -0.15) is 0 Å². The van der Waals surface area contributed by atoms with Crippen LogP contribution < -0.4 is 4.74 Å². The number of methoxy groups -OCH3 is 1. The van der Waals surface area contributed by atoms with Gasteiger partial charge in [-0.1, -0.05) is 48.5 Å². The number of hydrogen-bond donors (Lipinski definition) is 1. The molecule has 1 atom stereocenters. The normalized spacial score (nSPS) is 14.7. The first-order valence-electron chi connectivity index (χ1n) is 13.4. The van der Waals surface area contributed by atoms with Gasteiger partial charge in [-0.05, 0) is 73.1 Å². The van der Waals surface area contributed by atoms with Gasteiger partial charge >= 0.3 is 5.97 Å². The Hall–Kier alpha value is -4.13. The molecule has 1 heterocycles. The molecule has 4 aromatic rings. The van der Waals surface area contributed by atoms with Gasteiger partial charge in [0.05, 0.1) is 7.11 Å². The molecule has 1 amide bonds. The van der Waals surface area contributed by atoms with Gasteiger partial charge in [0.2, 0.25) is 5.91 Å². The van der Waals surface area contributed by atoms with E-state index < -0.39 is 5.97 Å². The number of carbonyl (C=O) groups excluding carboxylic acids is 1. The zero-order valence-electron chi connectivity index (χ0n) is 22.1. The molecule has 3 aromatic carbocycles. The lowest BCUT2D eigenvalue weighted by atomic mass is 9.89. The van der Waals surface area contributed by atoms with Gasteiger partial charge in [-0.25, -0.2) is 4.39 Å². The lowest BCUT2D eigenvalue weighted by molar-refractivity contribution is -0.137. The molecule has 202 valence electrons. The van der Waals surface area contributed by atoms with Gasteiger partial charge in [0, 0.05) is 35.6 Å². The predicted molar refractivity (Wildman–Crippen MR) is 149 cm³/mol. The Balaban J connectivity index is 1.43. The third kappa shape index (κ3) is 5.82. The molecular formula is C32H33FN2O4. The van der Waals surface area contributed by atoms with Crippen LogP contribution >= 0.6 is 0 Å². The number of carbonyl (C=O) groups is 2. The molecule has 1 N–H and O–H groups in total. The molecule has 7 heteroatoms. The Morgan fingerprint density at radius 3 is 2.59 bits per heavy atom. The first-order valence-corrected chi connectivity index (χ1v) is 13.4. The Morgan fingerprint density at radius 2 is 1.82 bits per heavy atom. The van der Waals surface area contributed by atoms with E-state index in [1.54, 1.807) is 17.7 Å². The Bertz CT molecular complexity index is 1480. The van der Waals surface area contributed by atoms with Gasteiger partial charge in [-0.15, -0.1) is 0 Å². The maximum absolute atomic E-state index is 14.3. The van der Waals surface area contributed by atoms with Gasteiger partial charge in [-0.3, -0.25) is 9.59 Å². The van der Waals surface area contributed by atoms with Gasteiger partial charge in [0.15, 0.2) is 0 Å². The third-order valence-electron chi connectivity index (χ3n) is 7.74. The van der Waals surface area contributed by atoms with Crippen molar-refractivity contribution < 1.29 is 23.8 Å². The molecule has 6 nitrogen and oxygen atoms in total. The van der Waals surface area contributed by atoms with Crippen molar-refractivity contribution in [2.24, 2.45) is 0 Å². The first-order chi connectivity index (χ1) is 18.9. The van der Waals surface area contributed by atoms with Crippen molar-refractivity contribution in [3.63, 3.8) is 0 Å². The molecule has 1 unspecified atom stereocenters. The maximum atomic E-state index is 14.3. The first kappa shape index (κ1) is 26.5. The second-order valence-electron chi connectivity index (χ2n) is 10.1. The molecule has 0 saturated carbocycles. The Labute approximate surface area is 227 Å². The zero-order chi connectivity index (χ0) is 27.4. The van der Waals surface area contributed by atoms with Crippen LogP contribution in [0.1, 0.15) is 35.2 Å². The number of para-hydroxylation sites is 1. The van der Waals surface area contributed by atoms with Crippen LogP contribution in [0.2, 0.25) is 0 Å². The molecule has 1 aliphatic carbocycles. The Kier molecular flexibility index (Phi) is 7.96. The number of hydrogen-bond acceptors (Lipinski definition) is 3. The van der Waals surface area contributed by atoms with Gasteiger partial charge in [0.25, 0.3) is 0 Å². The predicted octanol–water partition coefficient (Wildman–Crippen LogP) is 5.44. The summed E-state index contributed by atoms with van der Waals surface area (Å²) >= 11 is 0. The highest BCUT2D eigenvalue weighted by atomic mass is 19.1. The molecule has 0 bridgehead atoms. The minimum Gasteiger partial charge on any atom is -0.496 e. The van der Waals surface area contributed by atoms with Crippen LogP contribution in [0.5, 0.6) is 5.75 Å². The molecule has 0 fully saturated rings. The van der Waals surface area contributed by atoms with Crippen LogP contribution in [0, 0.1) is 5.82 Å². The SMILES string of the molecule is COc1ccccc1CCC(=O)N(CCc1ccccc1)C1CCc2c(c3cc(F)ccc3n2CC(=O)O)C1. The van der Waals surface area contributed by atoms with Crippen LogP contribution in [0.15, 0.2) is 72.8 Å². The number of carboxylic acid groups (broad SMARTS) is 1. The number of aryl methyl sites for hydroxylation is 1. The number of carboxylic acids is 1. The molecule has 1 aromatic heterocycles. The van der Waals surface area contributed by atoms with E-state index in [2.05, 4.69) is 12.1 Å². The zero-order valence-corrected chi connectivity index (χ0v) is 22.1. The van der Waals surface area contributed by atoms with Gasteiger partial charge < -0.3 is 19.3 Å². The molecule has 39 heavy (non-hydrogen) atoms. The van der Waals surface area contributed by atoms with Crippen molar-refractivity contribution >= 4 is 22.8 Å². The molecule has 1 aliphatic rings. The molecule has 0 radical (unpaired) electrons. The fraction of sp³-hybridized carbons (Fsp3) is 0.312. The highest BCUT2D eigenvalue weighted by Crippen LogP contribution is 2.35. The summed E-state index contributed by atoms with van der Waals surface area (Å²) in [4.78, 5) is 27.4. The fourth-order valence-electron chi connectivity index (χ4n) is 5.89. The summed E-state index contributed by atoms with van der Waals surface area (Å²) in [7, 11) is 1.63. The van der Waals surface area contributed by atoms with E-state index in [0.29, 0.717) is 32.2 Å². The summed E-state index contributed by atoms with van der Waals surface area (Å²) < 4.78 is 21.6. The van der Waals surface area contributed by atoms with E-state index in [9.17, 15) is 19.1 Å². The van der Waals surface area contributed by atoms with Crippen molar-refractivity contribution in [3.05, 3.63) is 101 Å². The maximum Gasteiger partial charge on any atom is 0.323 e. The van der Waals surface area contributed by atoms with Gasteiger partial charge in [0.1, 0.15) is 18.1 Å². The number of ether oxygens (including phenoxy) is 1. The summed E-state index contributed by atoms with van der Waals surface area (Å²) in [5.41, 5.74) is 4.76. The smallest absolute Gasteiger partial charge is 0.323 e. The number of nitrogens with zero attached hydrogens (tertiary/aromatic N) is 2. The van der Waals surface area contributed by atoms with Crippen molar-refractivity contribution in [1.29, 1.82) is 0 Å². The lowest BCUT2D eigenvalue weighted by Gasteiger charge is -2.35. The van der Waals surface area contributed by atoms with Crippen LogP contribution in [0.4, 0.5) is 4.39 Å². The molecule has 0 aliphatic heterocycles. The largest absolute Gasteiger partial charge is 0.496 e. The second kappa shape index (κ2) is 11.7. The molecule has 0 saturated heterocycles. The quantitative estimate of drug-likeness (QED) is 0.298.